The van der Waals surface area contributed by atoms with E-state index < -0.39 is 17.5 Å². The van der Waals surface area contributed by atoms with Crippen molar-refractivity contribution in [1.82, 2.24) is 0 Å². The first-order valence-corrected chi connectivity index (χ1v) is 4.40. The number of hydrogen-bond acceptors (Lipinski definition) is 2. The number of aromatic hydroxyl groups is 1. The number of halogens is 3. The molecular formula is C10H11F3O2. The van der Waals surface area contributed by atoms with Crippen LogP contribution in [-0.2, 0) is 6.18 Å². The second kappa shape index (κ2) is 4.00. The topological polar surface area (TPSA) is 29.5 Å². The molecule has 1 aromatic rings. The lowest BCUT2D eigenvalue weighted by molar-refractivity contribution is -0.138. The maximum absolute atomic E-state index is 12.4. The molecule has 84 valence electrons. The molecule has 5 heteroatoms. The lowest BCUT2D eigenvalue weighted by Crippen LogP contribution is -2.07. The van der Waals surface area contributed by atoms with Gasteiger partial charge in [-0.1, -0.05) is 0 Å². The number of hydrogen-bond donors (Lipinski definition) is 1. The van der Waals surface area contributed by atoms with Gasteiger partial charge in [0, 0.05) is 0 Å². The highest BCUT2D eigenvalue weighted by Gasteiger charge is 2.35. The second-order valence-electron chi connectivity index (χ2n) is 3.09. The largest absolute Gasteiger partial charge is 0.504 e. The monoisotopic (exact) mass is 220 g/mol. The van der Waals surface area contributed by atoms with Gasteiger partial charge in [-0.3, -0.25) is 0 Å². The molecule has 0 aliphatic carbocycles. The minimum Gasteiger partial charge on any atom is -0.504 e. The van der Waals surface area contributed by atoms with Crippen LogP contribution in [0.3, 0.4) is 0 Å². The number of phenolic OH excluding ortho intramolecular Hbond substituents is 1. The predicted molar refractivity (Wildman–Crippen MR) is 49.0 cm³/mol. The van der Waals surface area contributed by atoms with Gasteiger partial charge in [-0.05, 0) is 31.5 Å². The highest BCUT2D eigenvalue weighted by Crippen LogP contribution is 2.41. The van der Waals surface area contributed by atoms with E-state index in [1.165, 1.54) is 13.0 Å². The van der Waals surface area contributed by atoms with Crippen LogP contribution in [0.5, 0.6) is 11.5 Å². The molecule has 15 heavy (non-hydrogen) atoms. The van der Waals surface area contributed by atoms with Crippen LogP contribution in [0, 0.1) is 6.92 Å². The van der Waals surface area contributed by atoms with Crippen molar-refractivity contribution >= 4 is 0 Å². The Morgan fingerprint density at radius 1 is 1.33 bits per heavy atom. The molecule has 0 heterocycles. The van der Waals surface area contributed by atoms with Gasteiger partial charge < -0.3 is 9.84 Å². The Hall–Kier alpha value is -1.39. The van der Waals surface area contributed by atoms with E-state index >= 15 is 0 Å². The summed E-state index contributed by atoms with van der Waals surface area (Å²) in [6.07, 6.45) is -4.57. The zero-order valence-electron chi connectivity index (χ0n) is 8.35. The molecule has 0 spiro atoms. The Morgan fingerprint density at radius 3 is 2.40 bits per heavy atom. The van der Waals surface area contributed by atoms with Gasteiger partial charge in [0.1, 0.15) is 5.56 Å². The molecule has 0 saturated carbocycles. The number of rotatable bonds is 2. The maximum atomic E-state index is 12.4. The molecule has 0 radical (unpaired) electrons. The van der Waals surface area contributed by atoms with Gasteiger partial charge in [0.25, 0.3) is 0 Å². The predicted octanol–water partition coefficient (Wildman–Crippen LogP) is 3.12. The van der Waals surface area contributed by atoms with Gasteiger partial charge in [-0.25, -0.2) is 0 Å². The average molecular weight is 220 g/mol. The van der Waals surface area contributed by atoms with E-state index in [1.807, 2.05) is 0 Å². The quantitative estimate of drug-likeness (QED) is 0.829. The Bertz CT molecular complexity index is 358. The van der Waals surface area contributed by atoms with Crippen molar-refractivity contribution in [3.05, 3.63) is 23.3 Å². The van der Waals surface area contributed by atoms with E-state index in [4.69, 9.17) is 4.74 Å². The fourth-order valence-electron chi connectivity index (χ4n) is 1.23. The van der Waals surface area contributed by atoms with Gasteiger partial charge in [0.05, 0.1) is 6.61 Å². The molecule has 1 N–H and O–H groups in total. The van der Waals surface area contributed by atoms with E-state index in [-0.39, 0.29) is 12.4 Å². The molecule has 0 amide bonds. The first-order chi connectivity index (χ1) is 6.86. The molecule has 0 aliphatic heterocycles. The number of alkyl halides is 3. The fraction of sp³-hybridized carbons (Fsp3) is 0.400. The van der Waals surface area contributed by atoms with Crippen LogP contribution in [0.4, 0.5) is 13.2 Å². The van der Waals surface area contributed by atoms with Gasteiger partial charge in [-0.2, -0.15) is 13.2 Å². The minimum absolute atomic E-state index is 0.134. The SMILES string of the molecule is CCOc1cc(C)cc(C(F)(F)F)c1O. The van der Waals surface area contributed by atoms with Crippen LogP contribution >= 0.6 is 0 Å². The Morgan fingerprint density at radius 2 is 1.93 bits per heavy atom. The van der Waals surface area contributed by atoms with Crippen molar-refractivity contribution in [2.45, 2.75) is 20.0 Å². The number of phenols is 1. The molecular weight excluding hydrogens is 209 g/mol. The molecule has 0 saturated heterocycles. The van der Waals surface area contributed by atoms with Gasteiger partial charge in [-0.15, -0.1) is 0 Å². The third-order valence-electron chi connectivity index (χ3n) is 1.82. The van der Waals surface area contributed by atoms with E-state index in [2.05, 4.69) is 0 Å². The highest BCUT2D eigenvalue weighted by molar-refractivity contribution is 5.49. The molecule has 0 aliphatic rings. The normalized spacial score (nSPS) is 11.5. The summed E-state index contributed by atoms with van der Waals surface area (Å²) in [5.41, 5.74) is -0.672. The molecule has 1 rings (SSSR count). The molecule has 0 atom stereocenters. The minimum atomic E-state index is -4.57. The summed E-state index contributed by atoms with van der Waals surface area (Å²) in [7, 11) is 0. The summed E-state index contributed by atoms with van der Waals surface area (Å²) in [5.74, 6) is -0.986. The third kappa shape index (κ3) is 2.55. The summed E-state index contributed by atoms with van der Waals surface area (Å²) in [5, 5.41) is 9.33. The average Bonchev–Trinajstić information content (AvgIpc) is 2.09. The molecule has 0 aromatic heterocycles. The second-order valence-corrected chi connectivity index (χ2v) is 3.09. The number of ether oxygens (including phenoxy) is 1. The van der Waals surface area contributed by atoms with Crippen LogP contribution in [0.2, 0.25) is 0 Å². The van der Waals surface area contributed by atoms with Crippen LogP contribution in [-0.4, -0.2) is 11.7 Å². The zero-order chi connectivity index (χ0) is 11.6. The maximum Gasteiger partial charge on any atom is 0.420 e. The molecule has 0 fully saturated rings. The summed E-state index contributed by atoms with van der Waals surface area (Å²) in [6.45, 7) is 3.35. The smallest absolute Gasteiger partial charge is 0.420 e. The van der Waals surface area contributed by atoms with Crippen molar-refractivity contribution in [2.75, 3.05) is 6.61 Å². The fourth-order valence-corrected chi connectivity index (χ4v) is 1.23. The van der Waals surface area contributed by atoms with Crippen LogP contribution < -0.4 is 4.74 Å². The molecule has 1 aromatic carbocycles. The summed E-state index contributed by atoms with van der Waals surface area (Å²) >= 11 is 0. The van der Waals surface area contributed by atoms with E-state index in [9.17, 15) is 18.3 Å². The van der Waals surface area contributed by atoms with Crippen molar-refractivity contribution in [2.24, 2.45) is 0 Å². The van der Waals surface area contributed by atoms with Gasteiger partial charge in [0.15, 0.2) is 11.5 Å². The molecule has 0 bridgehead atoms. The van der Waals surface area contributed by atoms with Crippen molar-refractivity contribution in [3.63, 3.8) is 0 Å². The first-order valence-electron chi connectivity index (χ1n) is 4.40. The summed E-state index contributed by atoms with van der Waals surface area (Å²) < 4.78 is 42.2. The van der Waals surface area contributed by atoms with Gasteiger partial charge >= 0.3 is 6.18 Å². The van der Waals surface area contributed by atoms with Crippen molar-refractivity contribution in [1.29, 1.82) is 0 Å². The Kier molecular flexibility index (Phi) is 3.12. The number of benzene rings is 1. The van der Waals surface area contributed by atoms with Crippen LogP contribution in [0.15, 0.2) is 12.1 Å². The molecule has 0 unspecified atom stereocenters. The zero-order valence-corrected chi connectivity index (χ0v) is 8.35. The first kappa shape index (κ1) is 11.7. The summed E-state index contributed by atoms with van der Waals surface area (Å²) in [6, 6.07) is 2.26. The standard InChI is InChI=1S/C10H11F3O2/c1-3-15-8-5-6(2)4-7(9(8)14)10(11,12)13/h4-5,14H,3H2,1-2H3. The van der Waals surface area contributed by atoms with E-state index in [0.717, 1.165) is 6.07 Å². The Balaban J connectivity index is 3.28. The van der Waals surface area contributed by atoms with E-state index in [0.29, 0.717) is 5.56 Å². The van der Waals surface area contributed by atoms with Crippen LogP contribution in [0.1, 0.15) is 18.1 Å². The lowest BCUT2D eigenvalue weighted by atomic mass is 10.1. The van der Waals surface area contributed by atoms with Gasteiger partial charge in [0.2, 0.25) is 0 Å². The molecule has 2 nitrogen and oxygen atoms in total. The Labute approximate surface area is 85.3 Å². The van der Waals surface area contributed by atoms with Crippen molar-refractivity contribution in [3.8, 4) is 11.5 Å². The lowest BCUT2D eigenvalue weighted by Gasteiger charge is -2.13. The van der Waals surface area contributed by atoms with E-state index in [1.54, 1.807) is 6.92 Å². The van der Waals surface area contributed by atoms with Crippen molar-refractivity contribution < 1.29 is 23.0 Å². The van der Waals surface area contributed by atoms with Crippen LogP contribution in [0.25, 0.3) is 0 Å². The number of aryl methyl sites for hydroxylation is 1. The highest BCUT2D eigenvalue weighted by atomic mass is 19.4. The third-order valence-corrected chi connectivity index (χ3v) is 1.82. The summed E-state index contributed by atoms with van der Waals surface area (Å²) in [4.78, 5) is 0.